The van der Waals surface area contributed by atoms with Crippen LogP contribution in [0.2, 0.25) is 0 Å². The van der Waals surface area contributed by atoms with Crippen LogP contribution >= 0.6 is 0 Å². The third-order valence-electron chi connectivity index (χ3n) is 6.74. The fraction of sp³-hybridized carbons (Fsp3) is 0.737. The number of carboxylic acids is 2. The SMILES string of the molecule is O=C(O)c1[nH]ncc1CN1C[C@@H]2CN(CC3CCCCC3)C[C@]2(C(=O)O)C1. The summed E-state index contributed by atoms with van der Waals surface area (Å²) in [5, 5.41) is 25.6. The first kappa shape index (κ1) is 18.4. The summed E-state index contributed by atoms with van der Waals surface area (Å²) in [6.45, 7) is 4.05. The lowest BCUT2D eigenvalue weighted by Gasteiger charge is -2.29. The topological polar surface area (TPSA) is 110 Å². The van der Waals surface area contributed by atoms with E-state index in [9.17, 15) is 19.8 Å². The normalized spacial score (nSPS) is 29.9. The van der Waals surface area contributed by atoms with Crippen LogP contribution in [0.4, 0.5) is 0 Å². The largest absolute Gasteiger partial charge is 0.481 e. The Morgan fingerprint density at radius 1 is 1.15 bits per heavy atom. The molecule has 0 unspecified atom stereocenters. The summed E-state index contributed by atoms with van der Waals surface area (Å²) in [6, 6.07) is 0. The van der Waals surface area contributed by atoms with Crippen LogP contribution in [0, 0.1) is 17.3 Å². The third kappa shape index (κ3) is 3.48. The van der Waals surface area contributed by atoms with Gasteiger partial charge in [-0.1, -0.05) is 19.3 Å². The minimum Gasteiger partial charge on any atom is -0.481 e. The number of aliphatic carboxylic acids is 1. The van der Waals surface area contributed by atoms with Gasteiger partial charge in [0.25, 0.3) is 0 Å². The van der Waals surface area contributed by atoms with E-state index in [-0.39, 0.29) is 11.6 Å². The molecule has 3 N–H and O–H groups in total. The second-order valence-corrected chi connectivity index (χ2v) is 8.60. The molecule has 0 aromatic carbocycles. The van der Waals surface area contributed by atoms with Gasteiger partial charge in [0.1, 0.15) is 5.69 Å². The number of nitrogens with one attached hydrogen (secondary N) is 1. The van der Waals surface area contributed by atoms with Gasteiger partial charge in [-0.15, -0.1) is 0 Å². The van der Waals surface area contributed by atoms with Gasteiger partial charge in [0.15, 0.2) is 0 Å². The third-order valence-corrected chi connectivity index (χ3v) is 6.74. The highest BCUT2D eigenvalue weighted by atomic mass is 16.4. The molecule has 2 saturated heterocycles. The quantitative estimate of drug-likeness (QED) is 0.690. The molecule has 1 aliphatic carbocycles. The van der Waals surface area contributed by atoms with Crippen molar-refractivity contribution in [2.75, 3.05) is 32.7 Å². The number of H-pyrrole nitrogens is 1. The Kier molecular flexibility index (Phi) is 4.94. The van der Waals surface area contributed by atoms with E-state index in [1.807, 2.05) is 0 Å². The van der Waals surface area contributed by atoms with Crippen LogP contribution in [0.5, 0.6) is 0 Å². The van der Waals surface area contributed by atoms with Gasteiger partial charge in [-0.2, -0.15) is 5.10 Å². The molecule has 0 bridgehead atoms. The molecule has 8 heteroatoms. The minimum atomic E-state index is -1.03. The van der Waals surface area contributed by atoms with Crippen LogP contribution in [0.25, 0.3) is 0 Å². The Bertz CT molecular complexity index is 714. The highest BCUT2D eigenvalue weighted by molar-refractivity contribution is 5.86. The second-order valence-electron chi connectivity index (χ2n) is 8.60. The molecule has 4 rings (SSSR count). The number of fused-ring (bicyclic) bond motifs is 1. The van der Waals surface area contributed by atoms with Crippen molar-refractivity contribution in [2.24, 2.45) is 17.3 Å². The molecule has 0 amide bonds. The highest BCUT2D eigenvalue weighted by Gasteiger charge is 2.57. The molecular weight excluding hydrogens is 348 g/mol. The summed E-state index contributed by atoms with van der Waals surface area (Å²) in [7, 11) is 0. The van der Waals surface area contributed by atoms with Crippen LogP contribution in [-0.4, -0.2) is 74.9 Å². The van der Waals surface area contributed by atoms with E-state index in [4.69, 9.17) is 0 Å². The van der Waals surface area contributed by atoms with Crippen molar-refractivity contribution >= 4 is 11.9 Å². The van der Waals surface area contributed by atoms with E-state index in [0.717, 1.165) is 13.1 Å². The van der Waals surface area contributed by atoms with Crippen molar-refractivity contribution in [3.63, 3.8) is 0 Å². The molecule has 0 radical (unpaired) electrons. The Labute approximate surface area is 158 Å². The first-order valence-corrected chi connectivity index (χ1v) is 9.91. The van der Waals surface area contributed by atoms with E-state index in [0.29, 0.717) is 37.7 Å². The van der Waals surface area contributed by atoms with Crippen LogP contribution < -0.4 is 0 Å². The predicted molar refractivity (Wildman–Crippen MR) is 97.4 cm³/mol. The Morgan fingerprint density at radius 3 is 2.52 bits per heavy atom. The van der Waals surface area contributed by atoms with Gasteiger partial charge in [-0.3, -0.25) is 14.8 Å². The average Bonchev–Trinajstić information content (AvgIpc) is 3.29. The molecule has 3 heterocycles. The zero-order chi connectivity index (χ0) is 19.0. The van der Waals surface area contributed by atoms with Crippen LogP contribution in [-0.2, 0) is 11.3 Å². The number of aromatic amines is 1. The Balaban J connectivity index is 1.42. The average molecular weight is 376 g/mol. The van der Waals surface area contributed by atoms with Gasteiger partial charge < -0.3 is 15.1 Å². The van der Waals surface area contributed by atoms with E-state index in [1.54, 1.807) is 0 Å². The zero-order valence-electron chi connectivity index (χ0n) is 15.6. The lowest BCUT2D eigenvalue weighted by molar-refractivity contribution is -0.149. The molecule has 1 aromatic rings. The highest BCUT2D eigenvalue weighted by Crippen LogP contribution is 2.44. The number of hydrogen-bond acceptors (Lipinski definition) is 5. The summed E-state index contributed by atoms with van der Waals surface area (Å²) < 4.78 is 0. The first-order chi connectivity index (χ1) is 13.0. The number of aromatic nitrogens is 2. The lowest BCUT2D eigenvalue weighted by atomic mass is 9.81. The van der Waals surface area contributed by atoms with E-state index >= 15 is 0 Å². The van der Waals surface area contributed by atoms with E-state index in [2.05, 4.69) is 20.0 Å². The number of carboxylic acid groups (broad SMARTS) is 2. The fourth-order valence-corrected chi connectivity index (χ4v) is 5.43. The molecule has 1 saturated carbocycles. The maximum Gasteiger partial charge on any atom is 0.354 e. The Hall–Kier alpha value is -1.93. The number of aromatic carboxylic acids is 1. The molecule has 0 spiro atoms. The second kappa shape index (κ2) is 7.24. The van der Waals surface area contributed by atoms with Gasteiger partial charge in [-0.05, 0) is 18.8 Å². The van der Waals surface area contributed by atoms with Crippen LogP contribution in [0.3, 0.4) is 0 Å². The van der Waals surface area contributed by atoms with Crippen molar-refractivity contribution in [1.29, 1.82) is 0 Å². The minimum absolute atomic E-state index is 0.0929. The summed E-state index contributed by atoms with van der Waals surface area (Å²) >= 11 is 0. The van der Waals surface area contributed by atoms with Crippen molar-refractivity contribution in [2.45, 2.75) is 38.6 Å². The lowest BCUT2D eigenvalue weighted by Crippen LogP contribution is -2.41. The van der Waals surface area contributed by atoms with Crippen molar-refractivity contribution in [1.82, 2.24) is 20.0 Å². The summed E-state index contributed by atoms with van der Waals surface area (Å²) in [6.07, 6.45) is 8.00. The fourth-order valence-electron chi connectivity index (χ4n) is 5.43. The Morgan fingerprint density at radius 2 is 1.85 bits per heavy atom. The summed E-state index contributed by atoms with van der Waals surface area (Å²) in [4.78, 5) is 27.9. The maximum atomic E-state index is 12.2. The van der Waals surface area contributed by atoms with Gasteiger partial charge in [0, 0.05) is 50.7 Å². The standard InChI is InChI=1S/C19H28N4O4/c24-17(25)16-14(6-20-21-16)8-23-10-15-9-22(7-13-4-2-1-3-5-13)11-19(15,12-23)18(26)27/h6,13,15H,1-5,7-12H2,(H,20,21)(H,24,25)(H,26,27)/t15-,19-/m0/s1. The maximum absolute atomic E-state index is 12.2. The summed E-state index contributed by atoms with van der Waals surface area (Å²) in [5.41, 5.74) is -0.0284. The van der Waals surface area contributed by atoms with Gasteiger partial charge in [-0.25, -0.2) is 4.79 Å². The van der Waals surface area contributed by atoms with Crippen molar-refractivity contribution in [3.05, 3.63) is 17.5 Å². The van der Waals surface area contributed by atoms with Crippen LogP contribution in [0.15, 0.2) is 6.20 Å². The van der Waals surface area contributed by atoms with Gasteiger partial charge in [0.05, 0.1) is 11.6 Å². The van der Waals surface area contributed by atoms with Crippen LogP contribution in [0.1, 0.15) is 48.2 Å². The number of rotatable bonds is 6. The molecular formula is C19H28N4O4. The summed E-state index contributed by atoms with van der Waals surface area (Å²) in [5.74, 6) is -0.942. The van der Waals surface area contributed by atoms with Crippen molar-refractivity contribution < 1.29 is 19.8 Å². The number of likely N-dealkylation sites (tertiary alicyclic amines) is 2. The zero-order valence-corrected chi connectivity index (χ0v) is 15.6. The molecule has 1 aromatic heterocycles. The molecule has 3 fully saturated rings. The first-order valence-electron chi connectivity index (χ1n) is 9.91. The van der Waals surface area contributed by atoms with E-state index < -0.39 is 17.4 Å². The van der Waals surface area contributed by atoms with E-state index in [1.165, 1.54) is 38.3 Å². The molecule has 148 valence electrons. The van der Waals surface area contributed by atoms with Crippen molar-refractivity contribution in [3.8, 4) is 0 Å². The molecule has 2 atom stereocenters. The number of nitrogens with zero attached hydrogens (tertiary/aromatic N) is 3. The smallest absolute Gasteiger partial charge is 0.354 e. The number of carbonyl (C=O) groups is 2. The monoisotopic (exact) mass is 376 g/mol. The molecule has 2 aliphatic heterocycles. The predicted octanol–water partition coefficient (Wildman–Crippen LogP) is 1.51. The molecule has 8 nitrogen and oxygen atoms in total. The van der Waals surface area contributed by atoms with Gasteiger partial charge in [0.2, 0.25) is 0 Å². The number of hydrogen-bond donors (Lipinski definition) is 3. The van der Waals surface area contributed by atoms with Gasteiger partial charge >= 0.3 is 11.9 Å². The molecule has 27 heavy (non-hydrogen) atoms. The molecule has 3 aliphatic rings.